The molecule has 1 aliphatic rings. The maximum atomic E-state index is 13.3. The second-order valence-corrected chi connectivity index (χ2v) is 9.15. The zero-order valence-corrected chi connectivity index (χ0v) is 20.8. The third-order valence-electron chi connectivity index (χ3n) is 6.20. The lowest BCUT2D eigenvalue weighted by atomic mass is 10.0. The maximum absolute atomic E-state index is 13.3. The first-order valence-corrected chi connectivity index (χ1v) is 12.4. The van der Waals surface area contributed by atoms with E-state index >= 15 is 0 Å². The van der Waals surface area contributed by atoms with E-state index in [4.69, 9.17) is 0 Å². The van der Waals surface area contributed by atoms with Crippen LogP contribution in [-0.2, 0) is 36.8 Å². The van der Waals surface area contributed by atoms with Gasteiger partial charge in [-0.05, 0) is 30.5 Å². The van der Waals surface area contributed by atoms with Crippen LogP contribution >= 0.6 is 0 Å². The molecule has 0 aromatic heterocycles. The SMILES string of the molecule is O=C(O)CC(NC(=O)C1CCCN1)C(=O)NC(Cc1ccccc1)C(=O)NC(Cc1ccccc1)C(=O)O. The number of nitrogens with one attached hydrogen (secondary N) is 4. The average molecular weight is 525 g/mol. The summed E-state index contributed by atoms with van der Waals surface area (Å²) in [7, 11) is 0. The fourth-order valence-corrected chi connectivity index (χ4v) is 4.22. The summed E-state index contributed by atoms with van der Waals surface area (Å²) in [5.41, 5.74) is 1.39. The molecule has 0 radical (unpaired) electrons. The summed E-state index contributed by atoms with van der Waals surface area (Å²) >= 11 is 0. The Labute approximate surface area is 220 Å². The first-order chi connectivity index (χ1) is 18.2. The molecule has 0 spiro atoms. The largest absolute Gasteiger partial charge is 0.481 e. The van der Waals surface area contributed by atoms with Crippen LogP contribution in [0.2, 0.25) is 0 Å². The number of carboxylic acids is 2. The second-order valence-electron chi connectivity index (χ2n) is 9.15. The van der Waals surface area contributed by atoms with Crippen molar-refractivity contribution in [1.82, 2.24) is 21.3 Å². The van der Waals surface area contributed by atoms with Crippen LogP contribution in [0.15, 0.2) is 60.7 Å². The maximum Gasteiger partial charge on any atom is 0.326 e. The van der Waals surface area contributed by atoms with Gasteiger partial charge in [0.15, 0.2) is 0 Å². The summed E-state index contributed by atoms with van der Waals surface area (Å²) in [5, 5.41) is 29.5. The number of hydrogen-bond donors (Lipinski definition) is 6. The third-order valence-corrected chi connectivity index (χ3v) is 6.20. The molecule has 6 N–H and O–H groups in total. The first kappa shape index (κ1) is 28.3. The van der Waals surface area contributed by atoms with E-state index in [0.717, 1.165) is 6.42 Å². The molecule has 1 fully saturated rings. The van der Waals surface area contributed by atoms with Gasteiger partial charge in [-0.15, -0.1) is 0 Å². The quantitative estimate of drug-likeness (QED) is 0.216. The van der Waals surface area contributed by atoms with Crippen molar-refractivity contribution < 1.29 is 34.2 Å². The average Bonchev–Trinajstić information content (AvgIpc) is 3.44. The van der Waals surface area contributed by atoms with Crippen LogP contribution < -0.4 is 21.3 Å². The number of carbonyl (C=O) groups is 5. The lowest BCUT2D eigenvalue weighted by Gasteiger charge is -2.25. The van der Waals surface area contributed by atoms with E-state index in [1.807, 2.05) is 0 Å². The van der Waals surface area contributed by atoms with Gasteiger partial charge < -0.3 is 31.5 Å². The van der Waals surface area contributed by atoms with Crippen molar-refractivity contribution in [3.8, 4) is 0 Å². The number of benzene rings is 2. The van der Waals surface area contributed by atoms with Crippen molar-refractivity contribution in [2.75, 3.05) is 6.54 Å². The van der Waals surface area contributed by atoms with Crippen molar-refractivity contribution in [3.63, 3.8) is 0 Å². The van der Waals surface area contributed by atoms with Gasteiger partial charge in [-0.3, -0.25) is 19.2 Å². The van der Waals surface area contributed by atoms with Gasteiger partial charge in [0.05, 0.1) is 12.5 Å². The molecule has 3 rings (SSSR count). The molecule has 202 valence electrons. The van der Waals surface area contributed by atoms with Crippen molar-refractivity contribution in [2.45, 2.75) is 56.3 Å². The van der Waals surface area contributed by atoms with Crippen LogP contribution in [0.25, 0.3) is 0 Å². The molecule has 2 aromatic rings. The lowest BCUT2D eigenvalue weighted by molar-refractivity contribution is -0.143. The van der Waals surface area contributed by atoms with Gasteiger partial charge in [-0.25, -0.2) is 4.79 Å². The Morgan fingerprint density at radius 3 is 1.79 bits per heavy atom. The van der Waals surface area contributed by atoms with E-state index in [1.165, 1.54) is 0 Å². The van der Waals surface area contributed by atoms with Crippen LogP contribution in [-0.4, -0.2) is 70.6 Å². The van der Waals surface area contributed by atoms with E-state index in [-0.39, 0.29) is 12.8 Å². The van der Waals surface area contributed by atoms with E-state index < -0.39 is 60.2 Å². The minimum atomic E-state index is -1.42. The smallest absolute Gasteiger partial charge is 0.326 e. The van der Waals surface area contributed by atoms with Gasteiger partial charge >= 0.3 is 11.9 Å². The Hall–Kier alpha value is -4.25. The van der Waals surface area contributed by atoms with Crippen LogP contribution in [0.3, 0.4) is 0 Å². The summed E-state index contributed by atoms with van der Waals surface area (Å²) in [4.78, 5) is 62.3. The molecule has 1 heterocycles. The van der Waals surface area contributed by atoms with E-state index in [9.17, 15) is 34.2 Å². The topological polar surface area (TPSA) is 174 Å². The van der Waals surface area contributed by atoms with Gasteiger partial charge in [0, 0.05) is 12.8 Å². The Morgan fingerprint density at radius 2 is 1.29 bits per heavy atom. The molecule has 0 bridgehead atoms. The minimum Gasteiger partial charge on any atom is -0.481 e. The fraction of sp³-hybridized carbons (Fsp3) is 0.370. The number of aliphatic carboxylic acids is 2. The zero-order valence-electron chi connectivity index (χ0n) is 20.8. The molecule has 1 saturated heterocycles. The van der Waals surface area contributed by atoms with Crippen LogP contribution in [0.4, 0.5) is 0 Å². The van der Waals surface area contributed by atoms with Crippen molar-refractivity contribution in [2.24, 2.45) is 0 Å². The van der Waals surface area contributed by atoms with E-state index in [1.54, 1.807) is 60.7 Å². The van der Waals surface area contributed by atoms with Gasteiger partial charge in [-0.2, -0.15) is 0 Å². The molecule has 11 heteroatoms. The Kier molecular flexibility index (Phi) is 10.4. The second kappa shape index (κ2) is 13.9. The van der Waals surface area contributed by atoms with Gasteiger partial charge in [0.25, 0.3) is 0 Å². The molecular weight excluding hydrogens is 492 g/mol. The zero-order chi connectivity index (χ0) is 27.5. The van der Waals surface area contributed by atoms with Crippen LogP contribution in [0, 0.1) is 0 Å². The number of amides is 3. The highest BCUT2D eigenvalue weighted by Crippen LogP contribution is 2.09. The molecule has 3 amide bonds. The van der Waals surface area contributed by atoms with Crippen molar-refractivity contribution >= 4 is 29.7 Å². The minimum absolute atomic E-state index is 0.0218. The number of carboxylic acid groups (broad SMARTS) is 2. The number of carbonyl (C=O) groups excluding carboxylic acids is 3. The van der Waals surface area contributed by atoms with Gasteiger partial charge in [-0.1, -0.05) is 60.7 Å². The Morgan fingerprint density at radius 1 is 0.763 bits per heavy atom. The molecule has 11 nitrogen and oxygen atoms in total. The van der Waals surface area contributed by atoms with Crippen LogP contribution in [0.1, 0.15) is 30.4 Å². The Bertz CT molecular complexity index is 1120. The molecule has 0 saturated carbocycles. The standard InChI is InChI=1S/C27H32N4O7/c32-23(33)16-21(30-24(34)19-12-7-13-28-19)26(36)29-20(14-17-8-3-1-4-9-17)25(35)31-22(27(37)38)15-18-10-5-2-6-11-18/h1-6,8-11,19-22,28H,7,12-16H2,(H,29,36)(H,30,34)(H,31,35)(H,32,33)(H,37,38). The van der Waals surface area contributed by atoms with Crippen molar-refractivity contribution in [3.05, 3.63) is 71.8 Å². The highest BCUT2D eigenvalue weighted by Gasteiger charge is 2.32. The van der Waals surface area contributed by atoms with Gasteiger partial charge in [0.2, 0.25) is 17.7 Å². The third kappa shape index (κ3) is 8.70. The fourth-order valence-electron chi connectivity index (χ4n) is 4.22. The van der Waals surface area contributed by atoms with E-state index in [2.05, 4.69) is 21.3 Å². The summed E-state index contributed by atoms with van der Waals surface area (Å²) in [6.45, 7) is 0.640. The normalized spacial score (nSPS) is 17.0. The number of hydrogen-bond acceptors (Lipinski definition) is 6. The molecule has 1 aliphatic heterocycles. The predicted octanol–water partition coefficient (Wildman–Crippen LogP) is 0.238. The Balaban J connectivity index is 1.77. The molecule has 2 aromatic carbocycles. The molecule has 0 aliphatic carbocycles. The molecule has 38 heavy (non-hydrogen) atoms. The van der Waals surface area contributed by atoms with Gasteiger partial charge in [0.1, 0.15) is 18.1 Å². The van der Waals surface area contributed by atoms with Crippen molar-refractivity contribution in [1.29, 1.82) is 0 Å². The molecule has 4 unspecified atom stereocenters. The summed E-state index contributed by atoms with van der Waals surface area (Å²) < 4.78 is 0. The van der Waals surface area contributed by atoms with E-state index in [0.29, 0.717) is 24.1 Å². The monoisotopic (exact) mass is 524 g/mol. The molecule has 4 atom stereocenters. The highest BCUT2D eigenvalue weighted by atomic mass is 16.4. The summed E-state index contributed by atoms with van der Waals surface area (Å²) in [6.07, 6.45) is 0.703. The highest BCUT2D eigenvalue weighted by molar-refractivity contribution is 5.95. The predicted molar refractivity (Wildman–Crippen MR) is 137 cm³/mol. The van der Waals surface area contributed by atoms with Crippen LogP contribution in [0.5, 0.6) is 0 Å². The summed E-state index contributed by atoms with van der Waals surface area (Å²) in [5.74, 6) is -4.65. The number of rotatable bonds is 13. The first-order valence-electron chi connectivity index (χ1n) is 12.4. The molecular formula is C27H32N4O7. The lowest BCUT2D eigenvalue weighted by Crippen LogP contribution is -2.58. The summed E-state index contributed by atoms with van der Waals surface area (Å²) in [6, 6.07) is 13.1.